The van der Waals surface area contributed by atoms with Crippen LogP contribution >= 0.6 is 12.2 Å². The second-order valence-corrected chi connectivity index (χ2v) is 8.68. The molecular formula is C25H26F2N4O2S. The summed E-state index contributed by atoms with van der Waals surface area (Å²) in [4.78, 5) is 6.54. The number of hydrogen-bond acceptors (Lipinski definition) is 5. The van der Waals surface area contributed by atoms with Crippen molar-refractivity contribution in [3.8, 4) is 11.4 Å². The molecule has 0 amide bonds. The van der Waals surface area contributed by atoms with Crippen molar-refractivity contribution in [1.29, 1.82) is 0 Å². The third-order valence-electron chi connectivity index (χ3n) is 5.51. The smallest absolute Gasteiger partial charge is 0.258 e. The number of hydrogen-bond donors (Lipinski definition) is 1. The highest BCUT2D eigenvalue weighted by molar-refractivity contribution is 7.80. The number of thiocarbonyl (C=S) groups is 1. The maximum absolute atomic E-state index is 14.1. The first-order valence-electron chi connectivity index (χ1n) is 11.1. The Balaban J connectivity index is 1.71. The Hall–Kier alpha value is -3.17. The zero-order chi connectivity index (χ0) is 24.2. The molecule has 2 aromatic carbocycles. The summed E-state index contributed by atoms with van der Waals surface area (Å²) in [5.74, 6) is -0.0878. The standard InChI is InChI=1S/C25H26F2N4O2S/c1-15(2)32-13-5-12-31-16(3)21(22(28-25(31)34)18-6-4-7-20(27)14-18)24-29-23(30-33-24)17-8-10-19(26)11-9-17/h4,6-11,14-15,22H,5,12-13H2,1-3H3,(H,28,34). The maximum atomic E-state index is 14.1. The molecule has 0 radical (unpaired) electrons. The normalized spacial score (nSPS) is 16.4. The molecule has 4 rings (SSSR count). The van der Waals surface area contributed by atoms with Gasteiger partial charge in [-0.25, -0.2) is 8.78 Å². The van der Waals surface area contributed by atoms with E-state index in [0.717, 1.165) is 12.1 Å². The number of nitrogens with one attached hydrogen (secondary N) is 1. The quantitative estimate of drug-likeness (QED) is 0.335. The summed E-state index contributed by atoms with van der Waals surface area (Å²) in [5.41, 5.74) is 2.83. The van der Waals surface area contributed by atoms with Crippen molar-refractivity contribution in [2.24, 2.45) is 0 Å². The van der Waals surface area contributed by atoms with Crippen LogP contribution in [-0.2, 0) is 4.74 Å². The zero-order valence-electron chi connectivity index (χ0n) is 19.2. The Morgan fingerprint density at radius 3 is 2.62 bits per heavy atom. The summed E-state index contributed by atoms with van der Waals surface area (Å²) in [5, 5.41) is 7.93. The lowest BCUT2D eigenvalue weighted by Crippen LogP contribution is -2.46. The molecular weight excluding hydrogens is 458 g/mol. The van der Waals surface area contributed by atoms with Crippen molar-refractivity contribution in [3.63, 3.8) is 0 Å². The minimum Gasteiger partial charge on any atom is -0.379 e. The molecule has 1 unspecified atom stereocenters. The third kappa shape index (κ3) is 5.31. The van der Waals surface area contributed by atoms with Crippen LogP contribution in [0.3, 0.4) is 0 Å². The van der Waals surface area contributed by atoms with Gasteiger partial charge in [0.2, 0.25) is 5.82 Å². The van der Waals surface area contributed by atoms with Crippen molar-refractivity contribution in [3.05, 3.63) is 77.3 Å². The Morgan fingerprint density at radius 2 is 1.91 bits per heavy atom. The Bertz CT molecular complexity index is 1190. The van der Waals surface area contributed by atoms with Gasteiger partial charge in [0.1, 0.15) is 11.6 Å². The molecule has 0 spiro atoms. The van der Waals surface area contributed by atoms with Crippen LogP contribution in [0.1, 0.15) is 44.7 Å². The molecule has 1 N–H and O–H groups in total. The molecule has 1 aliphatic heterocycles. The van der Waals surface area contributed by atoms with Crippen molar-refractivity contribution in [2.45, 2.75) is 39.3 Å². The van der Waals surface area contributed by atoms with Gasteiger partial charge in [0.25, 0.3) is 5.89 Å². The van der Waals surface area contributed by atoms with Crippen LogP contribution in [0.15, 0.2) is 58.8 Å². The lowest BCUT2D eigenvalue weighted by atomic mass is 9.94. The molecule has 1 aliphatic rings. The van der Waals surface area contributed by atoms with Crippen LogP contribution in [-0.4, -0.2) is 39.4 Å². The first kappa shape index (κ1) is 24.0. The number of aromatic nitrogens is 2. The molecule has 34 heavy (non-hydrogen) atoms. The summed E-state index contributed by atoms with van der Waals surface area (Å²) < 4.78 is 38.7. The van der Waals surface area contributed by atoms with Crippen molar-refractivity contribution in [1.82, 2.24) is 20.4 Å². The highest BCUT2D eigenvalue weighted by atomic mass is 32.1. The number of nitrogens with zero attached hydrogens (tertiary/aromatic N) is 3. The van der Waals surface area contributed by atoms with Crippen LogP contribution in [0.4, 0.5) is 8.78 Å². The fourth-order valence-corrected chi connectivity index (χ4v) is 4.20. The lowest BCUT2D eigenvalue weighted by Gasteiger charge is -2.37. The predicted molar refractivity (Wildman–Crippen MR) is 130 cm³/mol. The average molecular weight is 485 g/mol. The predicted octanol–water partition coefficient (Wildman–Crippen LogP) is 5.49. The molecule has 178 valence electrons. The van der Waals surface area contributed by atoms with E-state index in [0.29, 0.717) is 40.8 Å². The number of halogens is 2. The number of allylic oxidation sites excluding steroid dienone is 1. The van der Waals surface area contributed by atoms with Crippen LogP contribution < -0.4 is 5.32 Å². The molecule has 9 heteroatoms. The second kappa shape index (κ2) is 10.4. The highest BCUT2D eigenvalue weighted by Crippen LogP contribution is 2.37. The molecule has 0 bridgehead atoms. The van der Waals surface area contributed by atoms with Crippen molar-refractivity contribution >= 4 is 22.9 Å². The summed E-state index contributed by atoms with van der Waals surface area (Å²) in [7, 11) is 0. The molecule has 0 saturated carbocycles. The van der Waals surface area contributed by atoms with Crippen molar-refractivity contribution < 1.29 is 18.0 Å². The molecule has 3 aromatic rings. The van der Waals surface area contributed by atoms with Gasteiger partial charge in [0.05, 0.1) is 17.7 Å². The summed E-state index contributed by atoms with van der Waals surface area (Å²) in [6.07, 6.45) is 0.916. The molecule has 0 saturated heterocycles. The highest BCUT2D eigenvalue weighted by Gasteiger charge is 2.34. The van der Waals surface area contributed by atoms with E-state index in [2.05, 4.69) is 15.5 Å². The Morgan fingerprint density at radius 1 is 1.15 bits per heavy atom. The monoisotopic (exact) mass is 484 g/mol. The van der Waals surface area contributed by atoms with Gasteiger partial charge < -0.3 is 19.5 Å². The van der Waals surface area contributed by atoms with E-state index in [4.69, 9.17) is 21.5 Å². The van der Waals surface area contributed by atoms with E-state index >= 15 is 0 Å². The maximum Gasteiger partial charge on any atom is 0.258 e. The van der Waals surface area contributed by atoms with E-state index in [1.54, 1.807) is 18.2 Å². The van der Waals surface area contributed by atoms with Gasteiger partial charge in [-0.2, -0.15) is 4.98 Å². The van der Waals surface area contributed by atoms with Gasteiger partial charge in [-0.3, -0.25) is 0 Å². The zero-order valence-corrected chi connectivity index (χ0v) is 20.0. The summed E-state index contributed by atoms with van der Waals surface area (Å²) in [6, 6.07) is 11.7. The number of benzene rings is 2. The minimum absolute atomic E-state index is 0.152. The van der Waals surface area contributed by atoms with Gasteiger partial charge >= 0.3 is 0 Å². The van der Waals surface area contributed by atoms with E-state index in [9.17, 15) is 8.78 Å². The van der Waals surface area contributed by atoms with E-state index in [-0.39, 0.29) is 23.6 Å². The number of ether oxygens (including phenoxy) is 1. The van der Waals surface area contributed by atoms with Crippen LogP contribution in [0.5, 0.6) is 0 Å². The van der Waals surface area contributed by atoms with Gasteiger partial charge in [0.15, 0.2) is 5.11 Å². The van der Waals surface area contributed by atoms with E-state index in [1.807, 2.05) is 31.7 Å². The Kier molecular flexibility index (Phi) is 7.33. The fraction of sp³-hybridized carbons (Fsp3) is 0.320. The molecule has 0 aliphatic carbocycles. The Labute approximate surface area is 202 Å². The van der Waals surface area contributed by atoms with E-state index in [1.165, 1.54) is 24.3 Å². The fourth-order valence-electron chi connectivity index (χ4n) is 3.85. The molecule has 2 heterocycles. The van der Waals surface area contributed by atoms with Gasteiger partial charge in [-0.05, 0) is 81.4 Å². The van der Waals surface area contributed by atoms with Crippen LogP contribution in [0.25, 0.3) is 17.0 Å². The van der Waals surface area contributed by atoms with E-state index < -0.39 is 6.04 Å². The van der Waals surface area contributed by atoms with Gasteiger partial charge in [-0.15, -0.1) is 0 Å². The molecule has 1 atom stereocenters. The number of rotatable bonds is 8. The summed E-state index contributed by atoms with van der Waals surface area (Å²) >= 11 is 5.66. The lowest BCUT2D eigenvalue weighted by molar-refractivity contribution is 0.0749. The molecule has 6 nitrogen and oxygen atoms in total. The first-order valence-corrected chi connectivity index (χ1v) is 11.5. The molecule has 0 fully saturated rings. The summed E-state index contributed by atoms with van der Waals surface area (Å²) in [6.45, 7) is 7.15. The first-order chi connectivity index (χ1) is 16.3. The van der Waals surface area contributed by atoms with Crippen molar-refractivity contribution in [2.75, 3.05) is 13.2 Å². The SMILES string of the molecule is CC1=C(c2nc(-c3ccc(F)cc3)no2)C(c2cccc(F)c2)NC(=S)N1CCCOC(C)C. The second-order valence-electron chi connectivity index (χ2n) is 8.29. The van der Waals surface area contributed by atoms with Gasteiger partial charge in [0, 0.05) is 24.4 Å². The van der Waals surface area contributed by atoms with Crippen LogP contribution in [0.2, 0.25) is 0 Å². The molecule has 1 aromatic heterocycles. The largest absolute Gasteiger partial charge is 0.379 e. The van der Waals surface area contributed by atoms with Gasteiger partial charge in [-0.1, -0.05) is 17.3 Å². The topological polar surface area (TPSA) is 63.4 Å². The third-order valence-corrected chi connectivity index (χ3v) is 5.85. The van der Waals surface area contributed by atoms with Crippen LogP contribution in [0, 0.1) is 11.6 Å². The minimum atomic E-state index is -0.479. The average Bonchev–Trinajstić information content (AvgIpc) is 3.28.